The van der Waals surface area contributed by atoms with Gasteiger partial charge in [-0.1, -0.05) is 6.92 Å². The molecule has 0 aliphatic heterocycles. The van der Waals surface area contributed by atoms with Crippen molar-refractivity contribution in [2.45, 2.75) is 26.3 Å². The molecule has 0 N–H and O–H groups in total. The van der Waals surface area contributed by atoms with Crippen molar-refractivity contribution in [3.8, 4) is 0 Å². The van der Waals surface area contributed by atoms with Crippen molar-refractivity contribution in [1.29, 1.82) is 0 Å². The van der Waals surface area contributed by atoms with Crippen LogP contribution in [0.3, 0.4) is 0 Å². The van der Waals surface area contributed by atoms with Crippen molar-refractivity contribution in [3.05, 3.63) is 18.2 Å². The second-order valence-electron chi connectivity index (χ2n) is 2.93. The summed E-state index contributed by atoms with van der Waals surface area (Å²) in [5.41, 5.74) is 0. The number of hydrogen-bond acceptors (Lipinski definition) is 2. The predicted octanol–water partition coefficient (Wildman–Crippen LogP) is 1.65. The maximum absolute atomic E-state index is 5.07. The maximum atomic E-state index is 5.07. The average Bonchev–Trinajstić information content (AvgIpc) is 2.51. The van der Waals surface area contributed by atoms with E-state index < -0.39 is 0 Å². The van der Waals surface area contributed by atoms with Gasteiger partial charge in [0.05, 0.1) is 6.61 Å². The van der Waals surface area contributed by atoms with Crippen LogP contribution in [0.15, 0.2) is 12.4 Å². The molecule has 0 aliphatic rings. The van der Waals surface area contributed by atoms with Crippen LogP contribution in [0.25, 0.3) is 0 Å². The lowest BCUT2D eigenvalue weighted by Gasteiger charge is -2.11. The molecule has 0 spiro atoms. The zero-order valence-corrected chi connectivity index (χ0v) is 7.95. The van der Waals surface area contributed by atoms with E-state index in [2.05, 4.69) is 23.4 Å². The van der Waals surface area contributed by atoms with Crippen molar-refractivity contribution in [1.82, 2.24) is 9.55 Å². The first-order valence-corrected chi connectivity index (χ1v) is 4.29. The summed E-state index contributed by atoms with van der Waals surface area (Å²) in [5, 5.41) is 0. The monoisotopic (exact) mass is 168 g/mol. The van der Waals surface area contributed by atoms with Gasteiger partial charge in [0.15, 0.2) is 0 Å². The summed E-state index contributed by atoms with van der Waals surface area (Å²) in [6, 6.07) is 0. The topological polar surface area (TPSA) is 27.1 Å². The summed E-state index contributed by atoms with van der Waals surface area (Å²) >= 11 is 0. The van der Waals surface area contributed by atoms with Gasteiger partial charge in [0.2, 0.25) is 0 Å². The highest BCUT2D eigenvalue weighted by molar-refractivity contribution is 4.98. The molecule has 3 nitrogen and oxygen atoms in total. The SMILES string of the molecule is CCn1ccnc1C(C)COC. The van der Waals surface area contributed by atoms with Gasteiger partial charge in [0.1, 0.15) is 5.82 Å². The molecule has 0 radical (unpaired) electrons. The van der Waals surface area contributed by atoms with Crippen LogP contribution < -0.4 is 0 Å². The molecule has 68 valence electrons. The van der Waals surface area contributed by atoms with Crippen molar-refractivity contribution >= 4 is 0 Å². The zero-order valence-electron chi connectivity index (χ0n) is 7.95. The third-order valence-corrected chi connectivity index (χ3v) is 1.95. The minimum Gasteiger partial charge on any atom is -0.384 e. The third-order valence-electron chi connectivity index (χ3n) is 1.95. The molecule has 3 heteroatoms. The molecule has 0 saturated carbocycles. The smallest absolute Gasteiger partial charge is 0.113 e. The highest BCUT2D eigenvalue weighted by atomic mass is 16.5. The molecule has 0 saturated heterocycles. The van der Waals surface area contributed by atoms with Crippen molar-refractivity contribution in [2.24, 2.45) is 0 Å². The number of rotatable bonds is 4. The zero-order chi connectivity index (χ0) is 8.97. The van der Waals surface area contributed by atoms with Gasteiger partial charge in [0, 0.05) is 32.0 Å². The summed E-state index contributed by atoms with van der Waals surface area (Å²) in [7, 11) is 1.72. The van der Waals surface area contributed by atoms with Crippen LogP contribution in [-0.4, -0.2) is 23.3 Å². The first kappa shape index (κ1) is 9.26. The van der Waals surface area contributed by atoms with Gasteiger partial charge in [-0.3, -0.25) is 0 Å². The minimum absolute atomic E-state index is 0.380. The van der Waals surface area contributed by atoms with E-state index in [-0.39, 0.29) is 0 Å². The Balaban J connectivity index is 2.71. The fraction of sp³-hybridized carbons (Fsp3) is 0.667. The molecule has 0 amide bonds. The standard InChI is InChI=1S/C9H16N2O/c1-4-11-6-5-10-9(11)8(2)7-12-3/h5-6,8H,4,7H2,1-3H3. The Hall–Kier alpha value is -0.830. The van der Waals surface area contributed by atoms with Crippen LogP contribution in [0, 0.1) is 0 Å². The first-order valence-electron chi connectivity index (χ1n) is 4.29. The van der Waals surface area contributed by atoms with Crippen LogP contribution in [0.1, 0.15) is 25.6 Å². The molecule has 0 aliphatic carbocycles. The highest BCUT2D eigenvalue weighted by Crippen LogP contribution is 2.12. The van der Waals surface area contributed by atoms with Crippen molar-refractivity contribution in [2.75, 3.05) is 13.7 Å². The van der Waals surface area contributed by atoms with Crippen molar-refractivity contribution in [3.63, 3.8) is 0 Å². The van der Waals surface area contributed by atoms with E-state index >= 15 is 0 Å². The number of ether oxygens (including phenoxy) is 1. The van der Waals surface area contributed by atoms with E-state index in [0.29, 0.717) is 5.92 Å². The Morgan fingerprint density at radius 3 is 3.00 bits per heavy atom. The molecule has 1 heterocycles. The summed E-state index contributed by atoms with van der Waals surface area (Å²) < 4.78 is 7.22. The molecule has 1 aromatic heterocycles. The van der Waals surface area contributed by atoms with E-state index in [1.54, 1.807) is 7.11 Å². The lowest BCUT2D eigenvalue weighted by Crippen LogP contribution is -2.09. The summed E-state index contributed by atoms with van der Waals surface area (Å²) in [6.45, 7) is 5.95. The fourth-order valence-electron chi connectivity index (χ4n) is 1.34. The van der Waals surface area contributed by atoms with Crippen LogP contribution in [-0.2, 0) is 11.3 Å². The number of hydrogen-bond donors (Lipinski definition) is 0. The number of aryl methyl sites for hydroxylation is 1. The van der Waals surface area contributed by atoms with E-state index in [1.165, 1.54) is 0 Å². The average molecular weight is 168 g/mol. The lowest BCUT2D eigenvalue weighted by atomic mass is 10.2. The van der Waals surface area contributed by atoms with Crippen LogP contribution in [0.2, 0.25) is 0 Å². The number of imidazole rings is 1. The Morgan fingerprint density at radius 2 is 2.42 bits per heavy atom. The Morgan fingerprint density at radius 1 is 1.67 bits per heavy atom. The fourth-order valence-corrected chi connectivity index (χ4v) is 1.34. The lowest BCUT2D eigenvalue weighted by molar-refractivity contribution is 0.180. The molecule has 1 unspecified atom stereocenters. The molecule has 0 bridgehead atoms. The number of aromatic nitrogens is 2. The number of methoxy groups -OCH3 is 1. The Kier molecular flexibility index (Phi) is 3.29. The molecule has 0 aromatic carbocycles. The van der Waals surface area contributed by atoms with Crippen LogP contribution >= 0.6 is 0 Å². The first-order chi connectivity index (χ1) is 5.79. The molecule has 1 atom stereocenters. The second kappa shape index (κ2) is 4.26. The Labute approximate surface area is 73.4 Å². The van der Waals surface area contributed by atoms with Gasteiger partial charge in [-0.15, -0.1) is 0 Å². The van der Waals surface area contributed by atoms with Gasteiger partial charge >= 0.3 is 0 Å². The molecule has 1 rings (SSSR count). The van der Waals surface area contributed by atoms with E-state index in [1.807, 2.05) is 12.4 Å². The summed E-state index contributed by atoms with van der Waals surface area (Å²) in [4.78, 5) is 4.29. The van der Waals surface area contributed by atoms with Gasteiger partial charge < -0.3 is 9.30 Å². The van der Waals surface area contributed by atoms with Gasteiger partial charge in [-0.2, -0.15) is 0 Å². The number of nitrogens with zero attached hydrogens (tertiary/aromatic N) is 2. The molecular weight excluding hydrogens is 152 g/mol. The maximum Gasteiger partial charge on any atom is 0.113 e. The summed E-state index contributed by atoms with van der Waals surface area (Å²) in [6.07, 6.45) is 3.84. The van der Waals surface area contributed by atoms with Crippen molar-refractivity contribution < 1.29 is 4.74 Å². The minimum atomic E-state index is 0.380. The molecular formula is C9H16N2O. The van der Waals surface area contributed by atoms with Gasteiger partial charge in [-0.05, 0) is 6.92 Å². The van der Waals surface area contributed by atoms with Crippen LogP contribution in [0.4, 0.5) is 0 Å². The van der Waals surface area contributed by atoms with Crippen LogP contribution in [0.5, 0.6) is 0 Å². The molecule has 1 aromatic rings. The predicted molar refractivity (Wildman–Crippen MR) is 48.2 cm³/mol. The third kappa shape index (κ3) is 1.85. The van der Waals surface area contributed by atoms with Gasteiger partial charge in [0.25, 0.3) is 0 Å². The van der Waals surface area contributed by atoms with E-state index in [4.69, 9.17) is 4.74 Å². The second-order valence-corrected chi connectivity index (χ2v) is 2.93. The Bertz CT molecular complexity index is 232. The quantitative estimate of drug-likeness (QED) is 0.683. The van der Waals surface area contributed by atoms with Gasteiger partial charge in [-0.25, -0.2) is 4.98 Å². The largest absolute Gasteiger partial charge is 0.384 e. The highest BCUT2D eigenvalue weighted by Gasteiger charge is 2.09. The summed E-state index contributed by atoms with van der Waals surface area (Å²) in [5.74, 6) is 1.49. The normalized spacial score (nSPS) is 13.2. The molecule has 0 fully saturated rings. The van der Waals surface area contributed by atoms with E-state index in [0.717, 1.165) is 19.0 Å². The molecule has 12 heavy (non-hydrogen) atoms. The van der Waals surface area contributed by atoms with E-state index in [9.17, 15) is 0 Å².